The number of nitrogens with zero attached hydrogens (tertiary/aromatic N) is 3. The van der Waals surface area contributed by atoms with Crippen molar-refractivity contribution in [2.75, 3.05) is 24.7 Å². The van der Waals surface area contributed by atoms with Crippen LogP contribution in [0.25, 0.3) is 22.3 Å². The van der Waals surface area contributed by atoms with Gasteiger partial charge in [-0.05, 0) is 36.6 Å². The van der Waals surface area contributed by atoms with Crippen LogP contribution in [0.4, 0.5) is 4.39 Å². The number of benzene rings is 1. The van der Waals surface area contributed by atoms with Crippen molar-refractivity contribution in [1.82, 2.24) is 14.5 Å². The molecule has 0 amide bonds. The first-order valence-electron chi connectivity index (χ1n) is 12.5. The van der Waals surface area contributed by atoms with E-state index in [2.05, 4.69) is 4.90 Å². The monoisotopic (exact) mass is 525 g/mol. The van der Waals surface area contributed by atoms with Gasteiger partial charge in [-0.3, -0.25) is 9.69 Å². The highest BCUT2D eigenvalue weighted by atomic mass is 32.2. The number of thioether (sulfide) groups is 1. The molecule has 0 aliphatic carbocycles. The van der Waals surface area contributed by atoms with E-state index in [0.717, 1.165) is 34.6 Å². The lowest BCUT2D eigenvalue weighted by Crippen LogP contribution is -2.44. The third kappa shape index (κ3) is 3.64. The van der Waals surface area contributed by atoms with Crippen LogP contribution in [0, 0.1) is 12.7 Å². The van der Waals surface area contributed by atoms with Crippen molar-refractivity contribution in [3.05, 3.63) is 62.2 Å². The van der Waals surface area contributed by atoms with Crippen LogP contribution in [0.15, 0.2) is 23.0 Å². The van der Waals surface area contributed by atoms with Gasteiger partial charge in [0, 0.05) is 53.2 Å². The molecule has 2 N–H and O–H groups in total. The Hall–Kier alpha value is -2.79. The van der Waals surface area contributed by atoms with Crippen molar-refractivity contribution in [1.29, 1.82) is 0 Å². The van der Waals surface area contributed by atoms with Crippen LogP contribution in [-0.2, 0) is 34.8 Å². The summed E-state index contributed by atoms with van der Waals surface area (Å²) >= 11 is 1.81. The summed E-state index contributed by atoms with van der Waals surface area (Å²) in [5.41, 5.74) is 2.13. The molecule has 37 heavy (non-hydrogen) atoms. The quantitative estimate of drug-likeness (QED) is 0.392. The minimum Gasteiger partial charge on any atom is -0.458 e. The molecule has 194 valence electrons. The normalized spacial score (nSPS) is 23.1. The van der Waals surface area contributed by atoms with Crippen molar-refractivity contribution in [2.24, 2.45) is 0 Å². The molecule has 8 nitrogen and oxygen atoms in total. The van der Waals surface area contributed by atoms with Crippen LogP contribution in [0.1, 0.15) is 41.2 Å². The molecule has 1 unspecified atom stereocenters. The van der Waals surface area contributed by atoms with E-state index in [4.69, 9.17) is 9.72 Å². The van der Waals surface area contributed by atoms with Gasteiger partial charge in [-0.25, -0.2) is 14.2 Å². The number of aliphatic hydroxyl groups is 2. The Kier molecular flexibility index (Phi) is 5.91. The number of ether oxygens (including phenoxy) is 1. The highest BCUT2D eigenvalue weighted by Crippen LogP contribution is 2.41. The third-order valence-electron chi connectivity index (χ3n) is 8.01. The molecule has 1 fully saturated rings. The van der Waals surface area contributed by atoms with Crippen LogP contribution in [-0.4, -0.2) is 61.3 Å². The van der Waals surface area contributed by atoms with Gasteiger partial charge in [0.1, 0.15) is 12.4 Å². The maximum absolute atomic E-state index is 14.7. The molecular formula is C27H28FN3O5S. The van der Waals surface area contributed by atoms with E-state index in [9.17, 15) is 24.2 Å². The van der Waals surface area contributed by atoms with Crippen LogP contribution in [0.2, 0.25) is 0 Å². The van der Waals surface area contributed by atoms with Crippen LogP contribution >= 0.6 is 11.8 Å². The van der Waals surface area contributed by atoms with Crippen LogP contribution in [0.5, 0.6) is 0 Å². The standard InChI is InChI=1S/C27H28FN3O5S/c1-3-27(35)20-7-23-24-18(10-31(23)25(33)19(20)12-36-26(27)34)17(9-30-4-5-37-13-15(30)11-32)16-6-14(2)21(28)8-22(16)29-24/h6-8,15,32,35H,3-5,9-13H2,1-2H3/t15?,27-/m0/s1. The lowest BCUT2D eigenvalue weighted by molar-refractivity contribution is -0.172. The fourth-order valence-electron chi connectivity index (χ4n) is 5.74. The maximum atomic E-state index is 14.7. The van der Waals surface area contributed by atoms with Gasteiger partial charge in [0.05, 0.1) is 35.6 Å². The Morgan fingerprint density at radius 2 is 2.08 bits per heavy atom. The van der Waals surface area contributed by atoms with Crippen LogP contribution < -0.4 is 5.56 Å². The lowest BCUT2D eigenvalue weighted by Gasteiger charge is -2.35. The molecule has 6 rings (SSSR count). The molecule has 5 heterocycles. The summed E-state index contributed by atoms with van der Waals surface area (Å²) in [4.78, 5) is 33.1. The summed E-state index contributed by atoms with van der Waals surface area (Å²) in [6.07, 6.45) is 0.0605. The van der Waals surface area contributed by atoms with Gasteiger partial charge in [0.15, 0.2) is 5.60 Å². The summed E-state index contributed by atoms with van der Waals surface area (Å²) in [6.45, 7) is 4.84. The number of fused-ring (bicyclic) bond motifs is 5. The molecule has 3 aliphatic rings. The second-order valence-corrected chi connectivity index (χ2v) is 11.2. The molecule has 0 radical (unpaired) electrons. The van der Waals surface area contributed by atoms with Crippen molar-refractivity contribution in [2.45, 2.75) is 51.6 Å². The zero-order valence-corrected chi connectivity index (χ0v) is 21.5. The molecule has 3 aromatic rings. The Bertz CT molecular complexity index is 1520. The molecule has 10 heteroatoms. The van der Waals surface area contributed by atoms with E-state index in [0.29, 0.717) is 29.0 Å². The molecule has 1 aromatic carbocycles. The number of carbonyl (C=O) groups excluding carboxylic acids is 1. The Labute approximate surface area is 217 Å². The average molecular weight is 526 g/mol. The molecule has 3 aliphatic heterocycles. The molecule has 0 spiro atoms. The summed E-state index contributed by atoms with van der Waals surface area (Å²) in [5.74, 6) is 0.641. The molecule has 0 bridgehead atoms. The number of hydrogen-bond acceptors (Lipinski definition) is 8. The highest BCUT2D eigenvalue weighted by Gasteiger charge is 2.45. The van der Waals surface area contributed by atoms with Gasteiger partial charge in [-0.15, -0.1) is 0 Å². The number of hydrogen-bond donors (Lipinski definition) is 2. The summed E-state index contributed by atoms with van der Waals surface area (Å²) in [7, 11) is 0. The Morgan fingerprint density at radius 1 is 1.27 bits per heavy atom. The van der Waals surface area contributed by atoms with E-state index in [1.54, 1.807) is 30.5 Å². The number of esters is 1. The fourth-order valence-corrected chi connectivity index (χ4v) is 6.86. The maximum Gasteiger partial charge on any atom is 0.343 e. The lowest BCUT2D eigenvalue weighted by atomic mass is 9.86. The molecule has 0 saturated carbocycles. The van der Waals surface area contributed by atoms with Crippen molar-refractivity contribution in [3.8, 4) is 11.4 Å². The molecule has 2 atom stereocenters. The van der Waals surface area contributed by atoms with Gasteiger partial charge >= 0.3 is 5.97 Å². The van der Waals surface area contributed by atoms with Crippen molar-refractivity contribution >= 4 is 28.6 Å². The third-order valence-corrected chi connectivity index (χ3v) is 9.10. The number of aryl methyl sites for hydroxylation is 1. The number of rotatable bonds is 4. The topological polar surface area (TPSA) is 105 Å². The predicted molar refractivity (Wildman–Crippen MR) is 138 cm³/mol. The van der Waals surface area contributed by atoms with Gasteiger partial charge in [0.25, 0.3) is 5.56 Å². The zero-order valence-electron chi connectivity index (χ0n) is 20.7. The minimum absolute atomic E-state index is 0.000644. The van der Waals surface area contributed by atoms with E-state index in [-0.39, 0.29) is 54.7 Å². The Balaban J connectivity index is 1.59. The molecular weight excluding hydrogens is 497 g/mol. The number of cyclic esters (lactones) is 1. The smallest absolute Gasteiger partial charge is 0.343 e. The summed E-state index contributed by atoms with van der Waals surface area (Å²) in [6, 6.07) is 4.90. The zero-order chi connectivity index (χ0) is 26.1. The number of carbonyl (C=O) groups is 1. The van der Waals surface area contributed by atoms with Gasteiger partial charge < -0.3 is 19.5 Å². The second kappa shape index (κ2) is 8.90. The first kappa shape index (κ1) is 24.5. The summed E-state index contributed by atoms with van der Waals surface area (Å²) in [5, 5.41) is 22.0. The minimum atomic E-state index is -1.91. The number of aromatic nitrogens is 2. The van der Waals surface area contributed by atoms with E-state index in [1.165, 1.54) is 6.07 Å². The number of aliphatic hydroxyl groups excluding tert-OH is 1. The van der Waals surface area contributed by atoms with E-state index >= 15 is 0 Å². The van der Waals surface area contributed by atoms with E-state index < -0.39 is 11.6 Å². The van der Waals surface area contributed by atoms with Gasteiger partial charge in [0.2, 0.25) is 0 Å². The van der Waals surface area contributed by atoms with Gasteiger partial charge in [-0.1, -0.05) is 6.92 Å². The molecule has 1 saturated heterocycles. The van der Waals surface area contributed by atoms with Crippen molar-refractivity contribution in [3.63, 3.8) is 0 Å². The highest BCUT2D eigenvalue weighted by molar-refractivity contribution is 7.99. The number of halogens is 1. The predicted octanol–water partition coefficient (Wildman–Crippen LogP) is 2.44. The second-order valence-electron chi connectivity index (χ2n) is 10.0. The summed E-state index contributed by atoms with van der Waals surface area (Å²) < 4.78 is 21.4. The van der Waals surface area contributed by atoms with Gasteiger partial charge in [-0.2, -0.15) is 11.8 Å². The number of pyridine rings is 2. The SMILES string of the molecule is CC[C@@]1(O)C(=O)OCc2c1cc1n(c2=O)Cc2c-1nc1cc(F)c(C)cc1c2CN1CCSCC1CO. The average Bonchev–Trinajstić information content (AvgIpc) is 3.26. The van der Waals surface area contributed by atoms with Crippen LogP contribution in [0.3, 0.4) is 0 Å². The first-order valence-corrected chi connectivity index (χ1v) is 13.6. The fraction of sp³-hybridized carbons (Fsp3) is 0.444. The largest absolute Gasteiger partial charge is 0.458 e. The van der Waals surface area contributed by atoms with Crippen molar-refractivity contribution < 1.29 is 24.1 Å². The Morgan fingerprint density at radius 3 is 2.84 bits per heavy atom. The first-order chi connectivity index (χ1) is 17.8. The van der Waals surface area contributed by atoms with E-state index in [1.807, 2.05) is 11.8 Å². The molecule has 2 aromatic heterocycles.